The number of hydrogen-bond donors (Lipinski definition) is 0. The highest BCUT2D eigenvalue weighted by atomic mass is 35.5. The molecule has 0 radical (unpaired) electrons. The number of halogens is 8. The molecule has 0 nitrogen and oxygen atoms in total. The zero-order chi connectivity index (χ0) is 11.9. The Bertz CT molecular complexity index is 371. The summed E-state index contributed by atoms with van der Waals surface area (Å²) in [5.41, 5.74) is 0. The molecule has 2 rings (SSSR count). The summed E-state index contributed by atoms with van der Waals surface area (Å²) < 4.78 is -3.12. The number of hydrogen-bond acceptors (Lipinski definition) is 0. The topological polar surface area (TPSA) is 0 Å². The van der Waals surface area contributed by atoms with Crippen LogP contribution in [0.2, 0.25) is 0 Å². The molecule has 1 saturated carbocycles. The van der Waals surface area contributed by atoms with Gasteiger partial charge in [-0.05, 0) is 0 Å². The predicted octanol–water partition coefficient (Wildman–Crippen LogP) is 5.40. The van der Waals surface area contributed by atoms with E-state index in [0.29, 0.717) is 0 Å². The predicted molar refractivity (Wildman–Crippen MR) is 69.4 cm³/mol. The molecule has 2 unspecified atom stereocenters. The summed E-state index contributed by atoms with van der Waals surface area (Å²) in [6, 6.07) is 0. The van der Waals surface area contributed by atoms with Crippen LogP contribution in [0.5, 0.6) is 0 Å². The highest BCUT2D eigenvalue weighted by Gasteiger charge is 2.83. The van der Waals surface area contributed by atoms with E-state index in [1.54, 1.807) is 0 Å². The maximum atomic E-state index is 6.23. The number of allylic oxidation sites excluding steroid dienone is 2. The third-order valence-corrected chi connectivity index (χ3v) is 8.05. The van der Waals surface area contributed by atoms with E-state index in [9.17, 15) is 0 Å². The molecule has 0 saturated heterocycles. The molecule has 2 aliphatic carbocycles. The summed E-state index contributed by atoms with van der Waals surface area (Å²) >= 11 is 48.6. The molecule has 0 heterocycles. The van der Waals surface area contributed by atoms with E-state index in [0.717, 1.165) is 0 Å². The highest BCUT2D eigenvalue weighted by molar-refractivity contribution is 6.70. The van der Waals surface area contributed by atoms with E-state index >= 15 is 0 Å². The van der Waals surface area contributed by atoms with Crippen molar-refractivity contribution in [2.75, 3.05) is 0 Å². The lowest BCUT2D eigenvalue weighted by atomic mass is 10.1. The molecule has 1 fully saturated rings. The van der Waals surface area contributed by atoms with Gasteiger partial charge in [0.15, 0.2) is 4.33 Å². The van der Waals surface area contributed by atoms with Gasteiger partial charge in [-0.15, -0.1) is 23.2 Å². The van der Waals surface area contributed by atoms with Crippen LogP contribution in [0.1, 0.15) is 6.42 Å². The highest BCUT2D eigenvalue weighted by Crippen LogP contribution is 2.77. The van der Waals surface area contributed by atoms with Gasteiger partial charge in [0, 0.05) is 6.42 Å². The molecular formula is C7H2Cl8. The van der Waals surface area contributed by atoms with Crippen LogP contribution in [-0.4, -0.2) is 18.4 Å². The molecule has 0 aromatic carbocycles. The van der Waals surface area contributed by atoms with Gasteiger partial charge in [-0.1, -0.05) is 69.6 Å². The van der Waals surface area contributed by atoms with Gasteiger partial charge in [0.2, 0.25) is 0 Å². The van der Waals surface area contributed by atoms with Crippen molar-refractivity contribution >= 4 is 92.8 Å². The van der Waals surface area contributed by atoms with Crippen molar-refractivity contribution in [3.05, 3.63) is 10.1 Å². The molecular weight excluding hydrogens is 368 g/mol. The van der Waals surface area contributed by atoms with Gasteiger partial charge in [0.05, 0.1) is 10.1 Å². The number of fused-ring (bicyclic) bond motifs is 2. The first-order chi connectivity index (χ1) is 6.52. The average Bonchev–Trinajstić information content (AvgIpc) is 2.25. The normalized spacial score (nSPS) is 46.4. The number of rotatable bonds is 0. The van der Waals surface area contributed by atoms with Crippen LogP contribution in [0.15, 0.2) is 10.1 Å². The molecule has 2 aliphatic rings. The molecule has 0 aromatic rings. The molecule has 0 aliphatic heterocycles. The third-order valence-electron chi connectivity index (χ3n) is 2.74. The monoisotopic (exact) mass is 366 g/mol. The summed E-state index contributed by atoms with van der Waals surface area (Å²) in [4.78, 5) is -2.94. The van der Waals surface area contributed by atoms with Gasteiger partial charge in [-0.25, -0.2) is 0 Å². The van der Waals surface area contributed by atoms with Crippen LogP contribution in [0.4, 0.5) is 0 Å². The van der Waals surface area contributed by atoms with Crippen LogP contribution >= 0.6 is 92.8 Å². The van der Waals surface area contributed by atoms with Crippen LogP contribution in [0.3, 0.4) is 0 Å². The first-order valence-corrected chi connectivity index (χ1v) is 6.74. The smallest absolute Gasteiger partial charge is 0.110 e. The fourth-order valence-electron chi connectivity index (χ4n) is 1.88. The fourth-order valence-corrected chi connectivity index (χ4v) is 5.93. The molecule has 0 N–H and O–H groups in total. The molecule has 15 heavy (non-hydrogen) atoms. The zero-order valence-corrected chi connectivity index (χ0v) is 12.8. The first kappa shape index (κ1) is 13.5. The van der Waals surface area contributed by atoms with Gasteiger partial charge in [-0.3, -0.25) is 0 Å². The lowest BCUT2D eigenvalue weighted by Crippen LogP contribution is -2.47. The van der Waals surface area contributed by atoms with Crippen molar-refractivity contribution in [2.24, 2.45) is 0 Å². The zero-order valence-electron chi connectivity index (χ0n) is 6.73. The summed E-state index contributed by atoms with van der Waals surface area (Å²) in [6.45, 7) is 0. The van der Waals surface area contributed by atoms with Crippen LogP contribution in [0.25, 0.3) is 0 Å². The fraction of sp³-hybridized carbons (Fsp3) is 0.714. The summed E-state index contributed by atoms with van der Waals surface area (Å²) in [6.07, 6.45) is 0.0240. The maximum absolute atomic E-state index is 6.23. The van der Waals surface area contributed by atoms with E-state index in [2.05, 4.69) is 0 Å². The summed E-state index contributed by atoms with van der Waals surface area (Å²) in [5.74, 6) is 0. The molecule has 86 valence electrons. The van der Waals surface area contributed by atoms with Crippen molar-refractivity contribution in [2.45, 2.75) is 24.8 Å². The molecule has 0 amide bonds. The first-order valence-electron chi connectivity index (χ1n) is 3.72. The van der Waals surface area contributed by atoms with Crippen molar-refractivity contribution in [3.63, 3.8) is 0 Å². The van der Waals surface area contributed by atoms with Gasteiger partial charge in [0.1, 0.15) is 14.1 Å². The minimum Gasteiger partial charge on any atom is -0.110 e. The van der Waals surface area contributed by atoms with Crippen molar-refractivity contribution in [1.29, 1.82) is 0 Å². The number of alkyl halides is 6. The molecule has 0 spiro atoms. The molecule has 2 bridgehead atoms. The van der Waals surface area contributed by atoms with Crippen molar-refractivity contribution in [3.8, 4) is 0 Å². The minimum absolute atomic E-state index is 0.00193. The van der Waals surface area contributed by atoms with E-state index in [4.69, 9.17) is 92.8 Å². The van der Waals surface area contributed by atoms with E-state index in [1.807, 2.05) is 0 Å². The molecule has 2 atom stereocenters. The van der Waals surface area contributed by atoms with Gasteiger partial charge >= 0.3 is 0 Å². The van der Waals surface area contributed by atoms with Gasteiger partial charge in [-0.2, -0.15) is 0 Å². The van der Waals surface area contributed by atoms with E-state index in [1.165, 1.54) is 0 Å². The summed E-state index contributed by atoms with van der Waals surface area (Å²) in [5, 5.41) is 0.102. The second-order valence-corrected chi connectivity index (χ2v) is 8.32. The Hall–Kier alpha value is 2.06. The van der Waals surface area contributed by atoms with Gasteiger partial charge < -0.3 is 0 Å². The lowest BCUT2D eigenvalue weighted by molar-refractivity contribution is 0.663. The Balaban J connectivity index is 2.77. The molecule has 8 heteroatoms. The second-order valence-electron chi connectivity index (χ2n) is 3.54. The maximum Gasteiger partial charge on any atom is 0.169 e. The Morgan fingerprint density at radius 1 is 0.800 bits per heavy atom. The Kier molecular flexibility index (Phi) is 3.00. The Morgan fingerprint density at radius 2 is 1.27 bits per heavy atom. The SMILES string of the molecule is ClC1=C(Cl)C2(Cl)C(Cl)(Cl)CC1(Cl)C2(Cl)Cl. The largest absolute Gasteiger partial charge is 0.169 e. The minimum atomic E-state index is -1.65. The van der Waals surface area contributed by atoms with Crippen LogP contribution < -0.4 is 0 Å². The Morgan fingerprint density at radius 3 is 1.53 bits per heavy atom. The second kappa shape index (κ2) is 3.33. The van der Waals surface area contributed by atoms with Crippen LogP contribution in [0, 0.1) is 0 Å². The lowest BCUT2D eigenvalue weighted by Gasteiger charge is -2.35. The molecule has 0 aromatic heterocycles. The summed E-state index contributed by atoms with van der Waals surface area (Å²) in [7, 11) is 0. The van der Waals surface area contributed by atoms with Crippen LogP contribution in [-0.2, 0) is 0 Å². The third kappa shape index (κ3) is 1.22. The average molecular weight is 370 g/mol. The van der Waals surface area contributed by atoms with Crippen molar-refractivity contribution < 1.29 is 0 Å². The van der Waals surface area contributed by atoms with Gasteiger partial charge in [0.25, 0.3) is 0 Å². The van der Waals surface area contributed by atoms with Crippen molar-refractivity contribution in [1.82, 2.24) is 0 Å². The standard InChI is InChI=1S/C7H2Cl8/c8-2-3(9)6(13)5(11,12)1-4(2,10)7(6,14)15/h1H2. The van der Waals surface area contributed by atoms with E-state index in [-0.39, 0.29) is 16.5 Å². The quantitative estimate of drug-likeness (QED) is 0.502. The van der Waals surface area contributed by atoms with E-state index < -0.39 is 18.4 Å². The Labute approximate surface area is 127 Å².